The van der Waals surface area contributed by atoms with Gasteiger partial charge < -0.3 is 10.2 Å². The van der Waals surface area contributed by atoms with E-state index in [1.807, 2.05) is 50.2 Å². The number of aromatic nitrogens is 4. The molecule has 0 spiro atoms. The number of benzene rings is 1. The third-order valence-electron chi connectivity index (χ3n) is 5.07. The molecular formula is C23H23N5O. The fourth-order valence-electron chi connectivity index (χ4n) is 3.35. The molecule has 1 aromatic carbocycles. The van der Waals surface area contributed by atoms with Gasteiger partial charge in [0.1, 0.15) is 17.0 Å². The Balaban J connectivity index is 2.03. The molecule has 0 aliphatic rings. The summed E-state index contributed by atoms with van der Waals surface area (Å²) in [6.45, 7) is 8.06. The molecule has 3 heterocycles. The van der Waals surface area contributed by atoms with Gasteiger partial charge in [0.25, 0.3) is 0 Å². The number of anilines is 1. The topological polar surface area (TPSA) is 90.7 Å². The highest BCUT2D eigenvalue weighted by Gasteiger charge is 2.11. The van der Waals surface area contributed by atoms with Crippen molar-refractivity contribution in [3.8, 4) is 11.5 Å². The molecule has 0 aliphatic carbocycles. The van der Waals surface area contributed by atoms with Crippen molar-refractivity contribution in [1.82, 2.24) is 19.9 Å². The zero-order valence-corrected chi connectivity index (χ0v) is 17.0. The zero-order chi connectivity index (χ0) is 20.5. The Labute approximate surface area is 168 Å². The minimum Gasteiger partial charge on any atom is -0.441 e. The maximum absolute atomic E-state index is 6.46. The van der Waals surface area contributed by atoms with Gasteiger partial charge in [-0.05, 0) is 61.2 Å². The molecule has 29 heavy (non-hydrogen) atoms. The smallest absolute Gasteiger partial charge is 0.192 e. The van der Waals surface area contributed by atoms with Crippen molar-refractivity contribution in [3.05, 3.63) is 64.6 Å². The molecule has 0 saturated carbocycles. The maximum atomic E-state index is 6.46. The van der Waals surface area contributed by atoms with Gasteiger partial charge >= 0.3 is 0 Å². The van der Waals surface area contributed by atoms with Gasteiger partial charge in [-0.2, -0.15) is 0 Å². The lowest BCUT2D eigenvalue weighted by Gasteiger charge is -2.08. The lowest BCUT2D eigenvalue weighted by atomic mass is 10.0. The predicted molar refractivity (Wildman–Crippen MR) is 115 cm³/mol. The number of nitrogens with zero attached hydrogens (tertiary/aromatic N) is 4. The molecule has 4 rings (SSSR count). The summed E-state index contributed by atoms with van der Waals surface area (Å²) in [5, 5.41) is 1.71. The summed E-state index contributed by atoms with van der Waals surface area (Å²) in [6, 6.07) is 11.6. The Morgan fingerprint density at radius 3 is 2.62 bits per heavy atom. The molecule has 4 aromatic rings. The molecular weight excluding hydrogens is 362 g/mol. The maximum Gasteiger partial charge on any atom is 0.192 e. The van der Waals surface area contributed by atoms with Gasteiger partial charge in [0.2, 0.25) is 0 Å². The van der Waals surface area contributed by atoms with Crippen molar-refractivity contribution in [2.24, 2.45) is 0 Å². The van der Waals surface area contributed by atoms with E-state index in [1.54, 1.807) is 6.20 Å². The Morgan fingerprint density at radius 1 is 1.07 bits per heavy atom. The van der Waals surface area contributed by atoms with Crippen LogP contribution in [0.3, 0.4) is 0 Å². The molecule has 146 valence electrons. The molecule has 0 atom stereocenters. The third kappa shape index (κ3) is 3.49. The third-order valence-corrected chi connectivity index (χ3v) is 5.07. The van der Waals surface area contributed by atoms with Gasteiger partial charge in [0.05, 0.1) is 5.35 Å². The van der Waals surface area contributed by atoms with Crippen LogP contribution in [0.15, 0.2) is 47.0 Å². The fraction of sp³-hybridized carbons (Fsp3) is 0.217. The van der Waals surface area contributed by atoms with E-state index in [2.05, 4.69) is 28.8 Å². The van der Waals surface area contributed by atoms with Crippen molar-refractivity contribution in [2.75, 3.05) is 5.73 Å². The number of aryl methyl sites for hydroxylation is 1. The molecule has 0 amide bonds. The van der Waals surface area contributed by atoms with E-state index in [0.717, 1.165) is 44.8 Å². The van der Waals surface area contributed by atoms with Gasteiger partial charge in [-0.25, -0.2) is 15.0 Å². The molecule has 6 heteroatoms. The fourth-order valence-corrected chi connectivity index (χ4v) is 3.35. The van der Waals surface area contributed by atoms with Gasteiger partial charge in [-0.15, -0.1) is 0 Å². The minimum absolute atomic E-state index is 0.442. The number of nitrogens with two attached hydrogens (primary N) is 1. The molecule has 3 aromatic heterocycles. The lowest BCUT2D eigenvalue weighted by molar-refractivity contribution is 0.561. The largest absolute Gasteiger partial charge is 0.441 e. The number of fused-ring (bicyclic) bond motifs is 1. The van der Waals surface area contributed by atoms with E-state index >= 15 is 0 Å². The first-order chi connectivity index (χ1) is 14.0. The average Bonchev–Trinajstić information content (AvgIpc) is 3.11. The monoisotopic (exact) mass is 385 g/mol. The average molecular weight is 385 g/mol. The van der Waals surface area contributed by atoms with Crippen LogP contribution in [0.5, 0.6) is 0 Å². The summed E-state index contributed by atoms with van der Waals surface area (Å²) in [7, 11) is 0. The van der Waals surface area contributed by atoms with E-state index in [1.165, 1.54) is 0 Å². The molecule has 0 bridgehead atoms. The zero-order valence-electron chi connectivity index (χ0n) is 17.0. The molecule has 2 N–H and O–H groups in total. The Kier molecular flexibility index (Phi) is 4.84. The Bertz CT molecular complexity index is 1320. The van der Waals surface area contributed by atoms with Crippen LogP contribution >= 0.6 is 0 Å². The van der Waals surface area contributed by atoms with Gasteiger partial charge in [0.15, 0.2) is 17.3 Å². The van der Waals surface area contributed by atoms with Crippen LogP contribution in [0.2, 0.25) is 0 Å². The molecule has 0 fully saturated rings. The van der Waals surface area contributed by atoms with Crippen LogP contribution in [0.4, 0.5) is 5.82 Å². The first-order valence-electron chi connectivity index (χ1n) is 9.61. The quantitative estimate of drug-likeness (QED) is 0.581. The van der Waals surface area contributed by atoms with Crippen LogP contribution in [0.1, 0.15) is 38.6 Å². The van der Waals surface area contributed by atoms with Crippen LogP contribution in [0.25, 0.3) is 33.8 Å². The van der Waals surface area contributed by atoms with Crippen molar-refractivity contribution < 1.29 is 4.42 Å². The first-order valence-corrected chi connectivity index (χ1v) is 9.61. The van der Waals surface area contributed by atoms with E-state index in [4.69, 9.17) is 15.1 Å². The molecule has 0 radical (unpaired) electrons. The SMILES string of the molecule is CC/C(C)=c1\nc(-c2ccccn2)nc(N)\c1=C(\C)c1ccc2oc(C)nc2c1. The van der Waals surface area contributed by atoms with E-state index < -0.39 is 0 Å². The molecule has 6 nitrogen and oxygen atoms in total. The van der Waals surface area contributed by atoms with Crippen LogP contribution < -0.4 is 16.3 Å². The highest BCUT2D eigenvalue weighted by atomic mass is 16.3. The van der Waals surface area contributed by atoms with Crippen LogP contribution in [-0.2, 0) is 0 Å². The van der Waals surface area contributed by atoms with Gasteiger partial charge in [-0.3, -0.25) is 4.98 Å². The van der Waals surface area contributed by atoms with Crippen molar-refractivity contribution in [2.45, 2.75) is 34.1 Å². The van der Waals surface area contributed by atoms with Gasteiger partial charge in [0, 0.05) is 18.3 Å². The second-order valence-corrected chi connectivity index (χ2v) is 7.05. The minimum atomic E-state index is 0.442. The summed E-state index contributed by atoms with van der Waals surface area (Å²) < 4.78 is 5.60. The van der Waals surface area contributed by atoms with Crippen LogP contribution in [0, 0.1) is 6.92 Å². The summed E-state index contributed by atoms with van der Waals surface area (Å²) >= 11 is 0. The number of pyridine rings is 1. The highest BCUT2D eigenvalue weighted by Crippen LogP contribution is 2.20. The predicted octanol–water partition coefficient (Wildman–Crippen LogP) is 3.37. The van der Waals surface area contributed by atoms with E-state index in [-0.39, 0.29) is 0 Å². The number of nitrogen functional groups attached to an aromatic ring is 1. The standard InChI is InChI=1S/C23H23N5O/c1-5-13(2)21-20(22(24)28-23(27-21)17-8-6-7-11-25-17)14(3)16-9-10-19-18(12-16)26-15(4)29-19/h6-12H,5H2,1-4H3,(H2,24,27,28)/b20-14-,21-13-. The van der Waals surface area contributed by atoms with E-state index in [9.17, 15) is 0 Å². The number of oxazole rings is 1. The van der Waals surface area contributed by atoms with Crippen molar-refractivity contribution in [3.63, 3.8) is 0 Å². The number of hydrogen-bond acceptors (Lipinski definition) is 6. The molecule has 0 unspecified atom stereocenters. The molecule has 0 saturated heterocycles. The summed E-state index contributed by atoms with van der Waals surface area (Å²) in [6.07, 6.45) is 2.59. The lowest BCUT2D eigenvalue weighted by Crippen LogP contribution is -2.36. The number of hydrogen-bond donors (Lipinski definition) is 1. The number of rotatable bonds is 3. The highest BCUT2D eigenvalue weighted by molar-refractivity contribution is 5.79. The van der Waals surface area contributed by atoms with Crippen LogP contribution in [-0.4, -0.2) is 19.9 Å². The van der Waals surface area contributed by atoms with E-state index in [0.29, 0.717) is 23.2 Å². The second kappa shape index (κ2) is 7.47. The molecule has 0 aliphatic heterocycles. The summed E-state index contributed by atoms with van der Waals surface area (Å²) in [4.78, 5) is 18.2. The summed E-state index contributed by atoms with van der Waals surface area (Å²) in [5.74, 6) is 1.62. The normalized spacial score (nSPS) is 13.5. The van der Waals surface area contributed by atoms with Gasteiger partial charge in [-0.1, -0.05) is 19.1 Å². The van der Waals surface area contributed by atoms with Crippen molar-refractivity contribution >= 4 is 28.1 Å². The Hall–Kier alpha value is -3.54. The van der Waals surface area contributed by atoms with Crippen molar-refractivity contribution in [1.29, 1.82) is 0 Å². The summed E-state index contributed by atoms with van der Waals surface area (Å²) in [5.41, 5.74) is 11.9. The second-order valence-electron chi connectivity index (χ2n) is 7.05. The first kappa shape index (κ1) is 18.8. The Morgan fingerprint density at radius 2 is 1.90 bits per heavy atom.